The van der Waals surface area contributed by atoms with Crippen molar-refractivity contribution < 1.29 is 17.9 Å². The maximum Gasteiger partial charge on any atom is 0.435 e. The van der Waals surface area contributed by atoms with Gasteiger partial charge < -0.3 is 14.2 Å². The highest BCUT2D eigenvalue weighted by Crippen LogP contribution is 2.40. The van der Waals surface area contributed by atoms with Gasteiger partial charge in [-0.2, -0.15) is 13.2 Å². The minimum absolute atomic E-state index is 0.118. The fraction of sp³-hybridized carbons (Fsp3) is 0.389. The second-order valence-corrected chi connectivity index (χ2v) is 6.42. The highest BCUT2D eigenvalue weighted by atomic mass is 19.4. The molecule has 0 N–H and O–H groups in total. The monoisotopic (exact) mass is 351 g/mol. The van der Waals surface area contributed by atoms with Gasteiger partial charge in [0.1, 0.15) is 5.75 Å². The molecule has 4 nitrogen and oxygen atoms in total. The van der Waals surface area contributed by atoms with Crippen LogP contribution in [-0.2, 0) is 6.18 Å². The maximum atomic E-state index is 13.6. The van der Waals surface area contributed by atoms with Gasteiger partial charge in [0.25, 0.3) is 0 Å². The molecule has 0 aliphatic rings. The highest BCUT2D eigenvalue weighted by molar-refractivity contribution is 6.09. The fourth-order valence-electron chi connectivity index (χ4n) is 3.38. The zero-order valence-electron chi connectivity index (χ0n) is 14.6. The van der Waals surface area contributed by atoms with Crippen molar-refractivity contribution in [3.8, 4) is 5.75 Å². The van der Waals surface area contributed by atoms with Crippen LogP contribution >= 0.6 is 0 Å². The number of pyridine rings is 1. The summed E-state index contributed by atoms with van der Waals surface area (Å²) in [4.78, 5) is 5.60. The van der Waals surface area contributed by atoms with E-state index in [1.807, 2.05) is 25.9 Å². The fourth-order valence-corrected chi connectivity index (χ4v) is 3.38. The summed E-state index contributed by atoms with van der Waals surface area (Å²) in [7, 11) is 5.34. The topological polar surface area (TPSA) is 30.3 Å². The van der Waals surface area contributed by atoms with Crippen LogP contribution in [0.3, 0.4) is 0 Å². The van der Waals surface area contributed by atoms with Gasteiger partial charge >= 0.3 is 6.18 Å². The normalized spacial score (nSPS) is 13.8. The number of hydrogen-bond donors (Lipinski definition) is 0. The van der Waals surface area contributed by atoms with Gasteiger partial charge in [0.15, 0.2) is 5.69 Å². The van der Waals surface area contributed by atoms with Crippen molar-refractivity contribution in [1.82, 2.24) is 14.5 Å². The SMILES string of the molecule is COc1ccc2c3ccnc(C(F)(F)F)c3n(C(C)CN(C)C)c2c1. The van der Waals surface area contributed by atoms with Crippen LogP contribution in [0.4, 0.5) is 13.2 Å². The van der Waals surface area contributed by atoms with Gasteiger partial charge in [-0.25, -0.2) is 4.98 Å². The molecule has 0 bridgehead atoms. The Bertz CT molecular complexity index is 915. The molecule has 2 aromatic heterocycles. The lowest BCUT2D eigenvalue weighted by atomic mass is 10.1. The molecular formula is C18H20F3N3O. The summed E-state index contributed by atoms with van der Waals surface area (Å²) in [5, 5.41) is 1.31. The van der Waals surface area contributed by atoms with Crippen molar-refractivity contribution in [2.24, 2.45) is 0 Å². The van der Waals surface area contributed by atoms with Crippen molar-refractivity contribution in [2.45, 2.75) is 19.1 Å². The molecule has 0 spiro atoms. The lowest BCUT2D eigenvalue weighted by Crippen LogP contribution is -2.23. The first-order valence-electron chi connectivity index (χ1n) is 7.92. The number of rotatable bonds is 4. The summed E-state index contributed by atoms with van der Waals surface area (Å²) < 4.78 is 47.8. The maximum absolute atomic E-state index is 13.6. The van der Waals surface area contributed by atoms with E-state index in [1.165, 1.54) is 6.20 Å². The summed E-state index contributed by atoms with van der Waals surface area (Å²) in [6, 6.07) is 6.80. The van der Waals surface area contributed by atoms with Crippen LogP contribution in [0, 0.1) is 0 Å². The Morgan fingerprint density at radius 3 is 2.52 bits per heavy atom. The zero-order valence-corrected chi connectivity index (χ0v) is 14.6. The second-order valence-electron chi connectivity index (χ2n) is 6.42. The first-order valence-corrected chi connectivity index (χ1v) is 7.92. The molecule has 25 heavy (non-hydrogen) atoms. The molecule has 7 heteroatoms. The molecule has 3 rings (SSSR count). The molecule has 1 aromatic carbocycles. The number of methoxy groups -OCH3 is 1. The molecule has 0 saturated heterocycles. The number of benzene rings is 1. The van der Waals surface area contributed by atoms with Crippen LogP contribution in [0.5, 0.6) is 5.75 Å². The van der Waals surface area contributed by atoms with Crippen molar-refractivity contribution in [2.75, 3.05) is 27.7 Å². The molecule has 0 saturated carbocycles. The predicted molar refractivity (Wildman–Crippen MR) is 92.1 cm³/mol. The number of halogens is 3. The molecule has 3 aromatic rings. The average Bonchev–Trinajstić information content (AvgIpc) is 2.86. The van der Waals surface area contributed by atoms with E-state index in [9.17, 15) is 13.2 Å². The largest absolute Gasteiger partial charge is 0.497 e. The van der Waals surface area contributed by atoms with Gasteiger partial charge in [0.05, 0.1) is 18.1 Å². The Hall–Kier alpha value is -2.28. The average molecular weight is 351 g/mol. The van der Waals surface area contributed by atoms with Gasteiger partial charge in [0, 0.05) is 35.6 Å². The second kappa shape index (κ2) is 6.22. The Kier molecular flexibility index (Phi) is 4.36. The number of alkyl halides is 3. The lowest BCUT2D eigenvalue weighted by molar-refractivity contribution is -0.140. The molecule has 0 aliphatic carbocycles. The summed E-state index contributed by atoms with van der Waals surface area (Å²) in [5.41, 5.74) is -0.0272. The van der Waals surface area contributed by atoms with E-state index in [4.69, 9.17) is 4.74 Å². The van der Waals surface area contributed by atoms with Gasteiger partial charge in [-0.3, -0.25) is 0 Å². The predicted octanol–water partition coefficient (Wildman–Crippen LogP) is 4.34. The molecule has 0 amide bonds. The molecule has 1 atom stereocenters. The van der Waals surface area contributed by atoms with E-state index in [1.54, 1.807) is 35.9 Å². The molecule has 134 valence electrons. The third-order valence-electron chi connectivity index (χ3n) is 4.26. The van der Waals surface area contributed by atoms with Crippen LogP contribution in [-0.4, -0.2) is 42.2 Å². The third-order valence-corrected chi connectivity index (χ3v) is 4.26. The van der Waals surface area contributed by atoms with E-state index in [0.29, 0.717) is 23.2 Å². The number of likely N-dealkylation sites (N-methyl/N-ethyl adjacent to an activating group) is 1. The van der Waals surface area contributed by atoms with E-state index in [-0.39, 0.29) is 11.6 Å². The molecule has 0 fully saturated rings. The van der Waals surface area contributed by atoms with Crippen LogP contribution in [0.2, 0.25) is 0 Å². The van der Waals surface area contributed by atoms with Gasteiger partial charge in [-0.15, -0.1) is 0 Å². The Balaban J connectivity index is 2.44. The summed E-state index contributed by atoms with van der Waals surface area (Å²) in [5.74, 6) is 0.607. The van der Waals surface area contributed by atoms with Gasteiger partial charge in [-0.05, 0) is 39.2 Å². The quantitative estimate of drug-likeness (QED) is 0.700. The van der Waals surface area contributed by atoms with Crippen LogP contribution in [0.15, 0.2) is 30.5 Å². The number of aromatic nitrogens is 2. The molecular weight excluding hydrogens is 331 g/mol. The van der Waals surface area contributed by atoms with Crippen molar-refractivity contribution in [3.05, 3.63) is 36.2 Å². The number of nitrogens with zero attached hydrogens (tertiary/aromatic N) is 3. The van der Waals surface area contributed by atoms with Crippen LogP contribution in [0.1, 0.15) is 18.7 Å². The minimum Gasteiger partial charge on any atom is -0.497 e. The van der Waals surface area contributed by atoms with E-state index >= 15 is 0 Å². The Morgan fingerprint density at radius 2 is 1.92 bits per heavy atom. The van der Waals surface area contributed by atoms with E-state index < -0.39 is 11.9 Å². The van der Waals surface area contributed by atoms with Crippen molar-refractivity contribution >= 4 is 21.8 Å². The summed E-state index contributed by atoms with van der Waals surface area (Å²) in [6.07, 6.45) is -3.30. The molecule has 0 radical (unpaired) electrons. The van der Waals surface area contributed by atoms with E-state index in [0.717, 1.165) is 5.39 Å². The lowest BCUT2D eigenvalue weighted by Gasteiger charge is -2.22. The highest BCUT2D eigenvalue weighted by Gasteiger charge is 2.37. The summed E-state index contributed by atoms with van der Waals surface area (Å²) in [6.45, 7) is 2.51. The smallest absolute Gasteiger partial charge is 0.435 e. The Labute approximate surface area is 143 Å². The molecule has 2 heterocycles. The van der Waals surface area contributed by atoms with Crippen LogP contribution < -0.4 is 4.74 Å². The first-order chi connectivity index (χ1) is 11.7. The van der Waals surface area contributed by atoms with Gasteiger partial charge in [0.2, 0.25) is 0 Å². The Morgan fingerprint density at radius 1 is 1.20 bits per heavy atom. The molecule has 1 unspecified atom stereocenters. The van der Waals surface area contributed by atoms with E-state index in [2.05, 4.69) is 4.98 Å². The number of hydrogen-bond acceptors (Lipinski definition) is 3. The molecule has 0 aliphatic heterocycles. The number of fused-ring (bicyclic) bond motifs is 3. The third kappa shape index (κ3) is 3.04. The summed E-state index contributed by atoms with van der Waals surface area (Å²) >= 11 is 0. The van der Waals surface area contributed by atoms with Crippen LogP contribution in [0.25, 0.3) is 21.8 Å². The zero-order chi connectivity index (χ0) is 18.4. The minimum atomic E-state index is -4.52. The standard InChI is InChI=1S/C18H20F3N3O/c1-11(10-23(2)3)24-15-9-12(25-4)5-6-13(15)14-7-8-22-17(16(14)24)18(19,20)21/h5-9,11H,10H2,1-4H3. The van der Waals surface area contributed by atoms with Gasteiger partial charge in [-0.1, -0.05) is 0 Å². The first kappa shape index (κ1) is 17.5. The van der Waals surface area contributed by atoms with Crippen molar-refractivity contribution in [3.63, 3.8) is 0 Å². The number of ether oxygens (including phenoxy) is 1. The van der Waals surface area contributed by atoms with Crippen molar-refractivity contribution in [1.29, 1.82) is 0 Å².